The van der Waals surface area contributed by atoms with Gasteiger partial charge in [-0.15, -0.1) is 0 Å². The molecule has 0 unspecified atom stereocenters. The molecule has 3 rings (SSSR count). The molecule has 18 heavy (non-hydrogen) atoms. The maximum absolute atomic E-state index is 6.01. The third kappa shape index (κ3) is 1.56. The molecule has 0 aromatic carbocycles. The van der Waals surface area contributed by atoms with E-state index in [0.717, 1.165) is 11.0 Å². The van der Waals surface area contributed by atoms with E-state index >= 15 is 0 Å². The van der Waals surface area contributed by atoms with Crippen molar-refractivity contribution in [3.8, 4) is 0 Å². The molecular formula is C12H16BN3O2. The van der Waals surface area contributed by atoms with Crippen LogP contribution in [-0.2, 0) is 9.31 Å². The van der Waals surface area contributed by atoms with Crippen LogP contribution in [0.2, 0.25) is 0 Å². The van der Waals surface area contributed by atoms with Crippen LogP contribution in [0.15, 0.2) is 24.8 Å². The van der Waals surface area contributed by atoms with Gasteiger partial charge in [0.25, 0.3) is 0 Å². The normalized spacial score (nSPS) is 21.7. The molecule has 5 nitrogen and oxygen atoms in total. The predicted molar refractivity (Wildman–Crippen MR) is 68.7 cm³/mol. The van der Waals surface area contributed by atoms with Crippen LogP contribution in [0.3, 0.4) is 0 Å². The molecule has 1 saturated heterocycles. The Bertz CT molecular complexity index is 578. The van der Waals surface area contributed by atoms with Crippen molar-refractivity contribution in [1.29, 1.82) is 0 Å². The number of hydrogen-bond donors (Lipinski definition) is 0. The monoisotopic (exact) mass is 245 g/mol. The minimum atomic E-state index is -0.392. The zero-order valence-electron chi connectivity index (χ0n) is 11.0. The van der Waals surface area contributed by atoms with Crippen molar-refractivity contribution < 1.29 is 9.31 Å². The van der Waals surface area contributed by atoms with Crippen LogP contribution >= 0.6 is 0 Å². The molecule has 0 atom stereocenters. The second-order valence-electron chi connectivity index (χ2n) is 5.59. The van der Waals surface area contributed by atoms with Crippen LogP contribution in [0, 0.1) is 0 Å². The van der Waals surface area contributed by atoms with Crippen molar-refractivity contribution in [2.24, 2.45) is 0 Å². The first-order chi connectivity index (χ1) is 8.41. The second kappa shape index (κ2) is 3.55. The molecule has 0 bridgehead atoms. The van der Waals surface area contributed by atoms with Gasteiger partial charge in [-0.25, -0.2) is 4.52 Å². The first-order valence-corrected chi connectivity index (χ1v) is 6.04. The van der Waals surface area contributed by atoms with Gasteiger partial charge in [0.2, 0.25) is 0 Å². The Morgan fingerprint density at radius 2 is 1.78 bits per heavy atom. The number of hydrogen-bond acceptors (Lipinski definition) is 4. The molecule has 1 fully saturated rings. The van der Waals surface area contributed by atoms with Crippen molar-refractivity contribution in [1.82, 2.24) is 14.6 Å². The highest BCUT2D eigenvalue weighted by atomic mass is 16.7. The Balaban J connectivity index is 2.03. The summed E-state index contributed by atoms with van der Waals surface area (Å²) < 4.78 is 13.8. The number of rotatable bonds is 1. The van der Waals surface area contributed by atoms with Gasteiger partial charge in [0, 0.05) is 24.1 Å². The van der Waals surface area contributed by atoms with Crippen molar-refractivity contribution >= 4 is 18.1 Å². The van der Waals surface area contributed by atoms with E-state index in [-0.39, 0.29) is 11.2 Å². The highest BCUT2D eigenvalue weighted by Gasteiger charge is 2.52. The van der Waals surface area contributed by atoms with Gasteiger partial charge in [-0.05, 0) is 27.7 Å². The molecule has 94 valence electrons. The average Bonchev–Trinajstić information content (AvgIpc) is 2.78. The summed E-state index contributed by atoms with van der Waals surface area (Å²) in [5.41, 5.74) is 1.15. The number of aromatic nitrogens is 3. The molecule has 0 N–H and O–H groups in total. The standard InChI is InChI=1S/C12H16BN3O2/c1-11(2)12(3,4)18-13(17-11)9-7-15-16-6-5-14-8-10(9)16/h5-8H,1-4H3. The smallest absolute Gasteiger partial charge is 0.399 e. The molecule has 2 aromatic rings. The van der Waals surface area contributed by atoms with E-state index in [1.807, 2.05) is 33.9 Å². The van der Waals surface area contributed by atoms with Crippen molar-refractivity contribution in [3.63, 3.8) is 0 Å². The molecule has 3 heterocycles. The fourth-order valence-electron chi connectivity index (χ4n) is 2.00. The molecule has 0 radical (unpaired) electrons. The lowest BCUT2D eigenvalue weighted by Gasteiger charge is -2.32. The Kier molecular flexibility index (Phi) is 2.31. The third-order valence-electron chi connectivity index (χ3n) is 3.86. The summed E-state index contributed by atoms with van der Waals surface area (Å²) >= 11 is 0. The maximum Gasteiger partial charge on any atom is 0.498 e. The molecule has 0 amide bonds. The Morgan fingerprint density at radius 1 is 1.11 bits per heavy atom. The lowest BCUT2D eigenvalue weighted by molar-refractivity contribution is 0.00578. The van der Waals surface area contributed by atoms with E-state index < -0.39 is 7.12 Å². The summed E-state index contributed by atoms with van der Waals surface area (Å²) in [6.07, 6.45) is 7.06. The first-order valence-electron chi connectivity index (χ1n) is 6.04. The molecule has 0 aliphatic carbocycles. The molecule has 0 saturated carbocycles. The van der Waals surface area contributed by atoms with Gasteiger partial charge in [-0.1, -0.05) is 0 Å². The van der Waals surface area contributed by atoms with E-state index in [1.54, 1.807) is 23.1 Å². The summed E-state index contributed by atoms with van der Waals surface area (Å²) in [5, 5.41) is 4.28. The molecule has 2 aromatic heterocycles. The Morgan fingerprint density at radius 3 is 2.44 bits per heavy atom. The lowest BCUT2D eigenvalue weighted by atomic mass is 9.80. The summed E-state index contributed by atoms with van der Waals surface area (Å²) in [6.45, 7) is 8.15. The second-order valence-corrected chi connectivity index (χ2v) is 5.59. The van der Waals surface area contributed by atoms with E-state index in [0.29, 0.717) is 0 Å². The SMILES string of the molecule is CC1(C)OB(c2cnn3ccncc23)OC1(C)C. The number of nitrogens with zero attached hydrogens (tertiary/aromatic N) is 3. The summed E-state index contributed by atoms with van der Waals surface area (Å²) in [5.74, 6) is 0. The predicted octanol–water partition coefficient (Wildman–Crippen LogP) is 1.03. The topological polar surface area (TPSA) is 48.7 Å². The minimum Gasteiger partial charge on any atom is -0.399 e. The van der Waals surface area contributed by atoms with Crippen molar-refractivity contribution in [2.75, 3.05) is 0 Å². The van der Waals surface area contributed by atoms with Crippen LogP contribution in [-0.4, -0.2) is 32.9 Å². The molecule has 1 aliphatic rings. The summed E-state index contributed by atoms with van der Waals surface area (Å²) in [6, 6.07) is 0. The highest BCUT2D eigenvalue weighted by Crippen LogP contribution is 2.36. The summed E-state index contributed by atoms with van der Waals surface area (Å²) in [7, 11) is -0.392. The molecule has 0 spiro atoms. The van der Waals surface area contributed by atoms with Crippen LogP contribution in [0.1, 0.15) is 27.7 Å². The van der Waals surface area contributed by atoms with Crippen LogP contribution in [0.25, 0.3) is 5.52 Å². The van der Waals surface area contributed by atoms with E-state index in [9.17, 15) is 0 Å². The molecular weight excluding hydrogens is 229 g/mol. The largest absolute Gasteiger partial charge is 0.498 e. The van der Waals surface area contributed by atoms with Crippen molar-refractivity contribution in [3.05, 3.63) is 24.8 Å². The van der Waals surface area contributed by atoms with Crippen LogP contribution in [0.5, 0.6) is 0 Å². The summed E-state index contributed by atoms with van der Waals surface area (Å²) in [4.78, 5) is 4.12. The first kappa shape index (κ1) is 11.7. The van der Waals surface area contributed by atoms with Gasteiger partial charge in [-0.2, -0.15) is 5.10 Å². The highest BCUT2D eigenvalue weighted by molar-refractivity contribution is 6.64. The quantitative estimate of drug-likeness (QED) is 0.704. The van der Waals surface area contributed by atoms with Gasteiger partial charge in [0.05, 0.1) is 22.9 Å². The zero-order chi connectivity index (χ0) is 13.0. The van der Waals surface area contributed by atoms with E-state index in [1.165, 1.54) is 0 Å². The fraction of sp³-hybridized carbons (Fsp3) is 0.500. The van der Waals surface area contributed by atoms with Crippen LogP contribution in [0.4, 0.5) is 0 Å². The molecule has 6 heteroatoms. The molecule has 1 aliphatic heterocycles. The fourth-order valence-corrected chi connectivity index (χ4v) is 2.00. The average molecular weight is 245 g/mol. The van der Waals surface area contributed by atoms with Gasteiger partial charge in [-0.3, -0.25) is 4.98 Å². The zero-order valence-corrected chi connectivity index (χ0v) is 11.0. The number of fused-ring (bicyclic) bond motifs is 1. The minimum absolute atomic E-state index is 0.339. The van der Waals surface area contributed by atoms with Crippen molar-refractivity contribution in [2.45, 2.75) is 38.9 Å². The van der Waals surface area contributed by atoms with E-state index in [4.69, 9.17) is 9.31 Å². The lowest BCUT2D eigenvalue weighted by Crippen LogP contribution is -2.41. The third-order valence-corrected chi connectivity index (χ3v) is 3.86. The maximum atomic E-state index is 6.01. The van der Waals surface area contributed by atoms with Crippen LogP contribution < -0.4 is 5.46 Å². The van der Waals surface area contributed by atoms with Gasteiger partial charge >= 0.3 is 7.12 Å². The van der Waals surface area contributed by atoms with Gasteiger partial charge in [0.1, 0.15) is 0 Å². The Labute approximate surface area is 106 Å². The van der Waals surface area contributed by atoms with E-state index in [2.05, 4.69) is 10.1 Å². The van der Waals surface area contributed by atoms with Gasteiger partial charge < -0.3 is 9.31 Å². The van der Waals surface area contributed by atoms with Gasteiger partial charge in [0.15, 0.2) is 0 Å². The Hall–Kier alpha value is -1.40.